The Hall–Kier alpha value is -1.73. The minimum atomic E-state index is -0.310. The first-order valence-electron chi connectivity index (χ1n) is 16.9. The quantitative estimate of drug-likeness (QED) is 0.155. The Morgan fingerprint density at radius 3 is 2.50 bits per heavy atom. The number of likely N-dealkylation sites (N-methyl/N-ethyl adjacent to an activating group) is 1. The molecule has 0 aromatic carbocycles. The molecular weight excluding hydrogens is 524 g/mol. The van der Waals surface area contributed by atoms with Crippen molar-refractivity contribution in [1.29, 1.82) is 0 Å². The number of nitrogens with zero attached hydrogens (tertiary/aromatic N) is 3. The summed E-state index contributed by atoms with van der Waals surface area (Å²) >= 11 is 0. The van der Waals surface area contributed by atoms with Crippen LogP contribution in [0.3, 0.4) is 0 Å². The molecule has 1 N–H and O–H groups in total. The van der Waals surface area contributed by atoms with Gasteiger partial charge in [-0.05, 0) is 105 Å². The molecule has 1 heterocycles. The minimum Gasteiger partial charge on any atom is -0.329 e. The topological polar surface area (TPSA) is 71.0 Å². The van der Waals surface area contributed by atoms with Gasteiger partial charge in [0.25, 0.3) is 0 Å². The minimum absolute atomic E-state index is 0.202. The van der Waals surface area contributed by atoms with E-state index in [2.05, 4.69) is 66.2 Å². The predicted octanol–water partition coefficient (Wildman–Crippen LogP) is 6.43. The van der Waals surface area contributed by atoms with E-state index in [0.29, 0.717) is 54.5 Å². The monoisotopic (exact) mass is 583 g/mol. The van der Waals surface area contributed by atoms with Gasteiger partial charge < -0.3 is 14.7 Å². The van der Waals surface area contributed by atoms with Crippen molar-refractivity contribution in [2.24, 2.45) is 45.1 Å². The van der Waals surface area contributed by atoms with Crippen LogP contribution < -0.4 is 5.32 Å². The van der Waals surface area contributed by atoms with E-state index < -0.39 is 0 Å². The first-order chi connectivity index (χ1) is 19.6. The van der Waals surface area contributed by atoms with Crippen molar-refractivity contribution in [3.05, 3.63) is 11.6 Å². The fourth-order valence-electron chi connectivity index (χ4n) is 9.94. The van der Waals surface area contributed by atoms with E-state index in [1.54, 1.807) is 0 Å². The van der Waals surface area contributed by atoms with Crippen molar-refractivity contribution in [1.82, 2.24) is 10.2 Å². The zero-order chi connectivity index (χ0) is 30.5. The van der Waals surface area contributed by atoms with Gasteiger partial charge in [0, 0.05) is 31.5 Å². The van der Waals surface area contributed by atoms with Crippen LogP contribution in [0.2, 0.25) is 0 Å². The van der Waals surface area contributed by atoms with Crippen molar-refractivity contribution in [3.63, 3.8) is 0 Å². The molecule has 4 fully saturated rings. The van der Waals surface area contributed by atoms with Crippen LogP contribution in [-0.2, 0) is 9.63 Å². The molecule has 1 amide bonds. The Bertz CT molecular complexity index is 1110. The second-order valence-electron chi connectivity index (χ2n) is 17.0. The van der Waals surface area contributed by atoms with Gasteiger partial charge in [-0.15, -0.1) is 0 Å². The second kappa shape index (κ2) is 11.6. The van der Waals surface area contributed by atoms with Crippen molar-refractivity contribution in [2.75, 3.05) is 47.3 Å². The van der Waals surface area contributed by atoms with Gasteiger partial charge in [0.05, 0.1) is 39.9 Å². The third kappa shape index (κ3) is 6.38. The number of fused-ring (bicyclic) bond motifs is 5. The molecule has 7 nitrogen and oxygen atoms in total. The molecule has 1 unspecified atom stereocenters. The number of carbonyl (C=O) groups is 2. The number of allylic oxidation sites excluding steroid dienone is 1. The lowest BCUT2D eigenvalue weighted by molar-refractivity contribution is -0.869. The molecular formula is C35H59N4O3+. The number of amides is 1. The number of quaternary nitrogens is 1. The number of ketones is 1. The summed E-state index contributed by atoms with van der Waals surface area (Å²) in [5.41, 5.74) is 3.15. The van der Waals surface area contributed by atoms with Crippen LogP contribution >= 0.6 is 0 Å². The van der Waals surface area contributed by atoms with E-state index in [1.165, 1.54) is 31.3 Å². The molecule has 0 spiro atoms. The highest BCUT2D eigenvalue weighted by atomic mass is 16.7. The van der Waals surface area contributed by atoms with E-state index in [-0.39, 0.29) is 16.9 Å². The first kappa shape index (κ1) is 31.7. The van der Waals surface area contributed by atoms with Crippen molar-refractivity contribution < 1.29 is 18.9 Å². The molecule has 42 heavy (non-hydrogen) atoms. The van der Waals surface area contributed by atoms with Gasteiger partial charge in [0.2, 0.25) is 0 Å². The number of oxime groups is 1. The fourth-order valence-corrected chi connectivity index (χ4v) is 9.94. The summed E-state index contributed by atoms with van der Waals surface area (Å²) in [6.07, 6.45) is 12.6. The molecule has 4 aliphatic carbocycles. The Morgan fingerprint density at radius 1 is 1.05 bits per heavy atom. The molecule has 0 aromatic heterocycles. The van der Waals surface area contributed by atoms with Crippen LogP contribution in [0, 0.1) is 39.9 Å². The molecule has 5 rings (SSSR count). The largest absolute Gasteiger partial charge is 0.436 e. The van der Waals surface area contributed by atoms with Crippen LogP contribution in [0.1, 0.15) is 98.8 Å². The molecule has 236 valence electrons. The van der Waals surface area contributed by atoms with Gasteiger partial charge in [-0.3, -0.25) is 9.63 Å². The van der Waals surface area contributed by atoms with E-state index in [4.69, 9.17) is 4.84 Å². The molecule has 0 bridgehead atoms. The van der Waals surface area contributed by atoms with E-state index in [9.17, 15) is 9.59 Å². The summed E-state index contributed by atoms with van der Waals surface area (Å²) in [7, 11) is 6.49. The third-order valence-electron chi connectivity index (χ3n) is 12.4. The zero-order valence-electron chi connectivity index (χ0n) is 27.9. The van der Waals surface area contributed by atoms with E-state index in [1.807, 2.05) is 11.0 Å². The fraction of sp³-hybridized carbons (Fsp3) is 0.857. The molecule has 5 aliphatic rings. The normalized spacial score (nSPS) is 37.9. The van der Waals surface area contributed by atoms with Crippen LogP contribution in [0.5, 0.6) is 0 Å². The number of nitrogens with one attached hydrogen (secondary N) is 1. The number of hydrogen-bond donors (Lipinski definition) is 1. The summed E-state index contributed by atoms with van der Waals surface area (Å²) in [4.78, 5) is 33.2. The summed E-state index contributed by atoms with van der Waals surface area (Å²) < 4.78 is 0.803. The summed E-state index contributed by atoms with van der Waals surface area (Å²) in [5.74, 6) is 2.78. The van der Waals surface area contributed by atoms with Gasteiger partial charge in [-0.25, -0.2) is 4.79 Å². The lowest BCUT2D eigenvalue weighted by atomic mass is 9.46. The molecule has 0 radical (unpaired) electrons. The van der Waals surface area contributed by atoms with E-state index >= 15 is 0 Å². The Balaban J connectivity index is 1.23. The first-order valence-corrected chi connectivity index (χ1v) is 16.9. The zero-order valence-corrected chi connectivity index (χ0v) is 27.9. The maximum Gasteiger partial charge on any atom is 0.436 e. The smallest absolute Gasteiger partial charge is 0.329 e. The Morgan fingerprint density at radius 2 is 1.81 bits per heavy atom. The van der Waals surface area contributed by atoms with Gasteiger partial charge in [0.15, 0.2) is 5.78 Å². The Labute approximate surface area is 255 Å². The van der Waals surface area contributed by atoms with Crippen LogP contribution in [0.15, 0.2) is 16.8 Å². The van der Waals surface area contributed by atoms with Gasteiger partial charge >= 0.3 is 6.09 Å². The van der Waals surface area contributed by atoms with Gasteiger partial charge in [-0.1, -0.05) is 38.4 Å². The van der Waals surface area contributed by atoms with Gasteiger partial charge in [0.1, 0.15) is 0 Å². The lowest BCUT2D eigenvalue weighted by Gasteiger charge is -2.58. The Kier molecular flexibility index (Phi) is 8.79. The average Bonchev–Trinajstić information content (AvgIpc) is 3.45. The molecule has 1 saturated heterocycles. The average molecular weight is 584 g/mol. The lowest BCUT2D eigenvalue weighted by Crippen LogP contribution is -2.51. The molecule has 7 heteroatoms. The van der Waals surface area contributed by atoms with Crippen molar-refractivity contribution in [3.8, 4) is 0 Å². The highest BCUT2D eigenvalue weighted by Crippen LogP contribution is 2.66. The van der Waals surface area contributed by atoms with Crippen molar-refractivity contribution in [2.45, 2.75) is 105 Å². The number of carbonyl (C=O) groups excluding carboxylic acids is 2. The van der Waals surface area contributed by atoms with Crippen LogP contribution in [0.4, 0.5) is 4.79 Å². The summed E-state index contributed by atoms with van der Waals surface area (Å²) in [5, 5.41) is 8.20. The second-order valence-corrected chi connectivity index (χ2v) is 17.0. The summed E-state index contributed by atoms with van der Waals surface area (Å²) in [6.45, 7) is 14.9. The number of hydrogen-bond acceptors (Lipinski definition) is 5. The van der Waals surface area contributed by atoms with E-state index in [0.717, 1.165) is 61.3 Å². The maximum atomic E-state index is 13.4. The van der Waals surface area contributed by atoms with Crippen LogP contribution in [0.25, 0.3) is 0 Å². The van der Waals surface area contributed by atoms with Crippen molar-refractivity contribution >= 4 is 17.6 Å². The molecule has 0 aromatic rings. The SMILES string of the molecule is C/C(=N\OC(=O)N(CCC1CC(C)(C)CN1)CC[N+](C)(C)C)[C@H]1CC[C@H]2[C@@H]3CCC4=CC(=O)CC[C@]4(C)[C@H]3CC[C@]12C. The van der Waals surface area contributed by atoms with Gasteiger partial charge in [-0.2, -0.15) is 0 Å². The summed E-state index contributed by atoms with van der Waals surface area (Å²) in [6, 6.07) is 0.442. The molecule has 7 atom stereocenters. The number of rotatable bonds is 8. The highest BCUT2D eigenvalue weighted by Gasteiger charge is 2.59. The standard InChI is InChI=1S/C35H59N4O3/c1-24(37-42-32(41)38(19-20-39(6,7)8)18-15-26-22-33(2,3)23-36-26)29-11-12-30-28-10-9-25-21-27(40)13-16-34(25,4)31(28)14-17-35(29,30)5/h21,26,28-31,36H,9-20,22-23H2,1-8H3/q+1/b37-24+/t26?,28-,29+,30-,31-,34-,35+/m0/s1. The highest BCUT2D eigenvalue weighted by molar-refractivity contribution is 5.91. The predicted molar refractivity (Wildman–Crippen MR) is 169 cm³/mol. The third-order valence-corrected chi connectivity index (χ3v) is 12.4. The van der Waals surface area contributed by atoms with Crippen LogP contribution in [-0.4, -0.2) is 80.3 Å². The molecule has 1 aliphatic heterocycles. The molecule has 3 saturated carbocycles. The maximum absolute atomic E-state index is 13.4.